The van der Waals surface area contributed by atoms with Crippen LogP contribution in [0.2, 0.25) is 0 Å². The number of benzene rings is 2. The maximum atomic E-state index is 12.1. The van der Waals surface area contributed by atoms with Crippen LogP contribution in [0.4, 0.5) is 5.69 Å². The largest absolute Gasteiger partial charge is 0.486 e. The van der Waals surface area contributed by atoms with Gasteiger partial charge in [-0.05, 0) is 29.8 Å². The number of non-ortho nitro benzene ring substituents is 1. The van der Waals surface area contributed by atoms with Crippen LogP contribution in [-0.4, -0.2) is 34.3 Å². The fourth-order valence-electron chi connectivity index (χ4n) is 2.71. The number of esters is 1. The van der Waals surface area contributed by atoms with E-state index in [0.717, 1.165) is 5.56 Å². The van der Waals surface area contributed by atoms with E-state index in [9.17, 15) is 14.9 Å². The monoisotopic (exact) mass is 397 g/mol. The van der Waals surface area contributed by atoms with Gasteiger partial charge >= 0.3 is 5.97 Å². The second-order valence-corrected chi connectivity index (χ2v) is 6.12. The number of fused-ring (bicyclic) bond motifs is 1. The summed E-state index contributed by atoms with van der Waals surface area (Å²) in [5.74, 6) is 1.09. The first-order valence-corrected chi connectivity index (χ1v) is 8.70. The smallest absolute Gasteiger partial charge is 0.310 e. The number of hydrogen-bond donors (Lipinski definition) is 0. The van der Waals surface area contributed by atoms with Gasteiger partial charge in [-0.2, -0.15) is 0 Å². The van der Waals surface area contributed by atoms with Gasteiger partial charge in [0.2, 0.25) is 5.89 Å². The molecule has 2 aromatic carbocycles. The zero-order valence-electron chi connectivity index (χ0n) is 15.1. The molecule has 0 radical (unpaired) electrons. The summed E-state index contributed by atoms with van der Waals surface area (Å²) in [6.45, 7) is 0.791. The van der Waals surface area contributed by atoms with Gasteiger partial charge in [0.25, 0.3) is 11.6 Å². The molecule has 0 saturated carbocycles. The highest BCUT2D eigenvalue weighted by Crippen LogP contribution is 2.31. The first kappa shape index (κ1) is 18.4. The van der Waals surface area contributed by atoms with Crippen molar-refractivity contribution in [2.75, 3.05) is 13.2 Å². The van der Waals surface area contributed by atoms with E-state index in [4.69, 9.17) is 18.6 Å². The molecule has 29 heavy (non-hydrogen) atoms. The van der Waals surface area contributed by atoms with Crippen LogP contribution >= 0.6 is 0 Å². The fraction of sp³-hybridized carbons (Fsp3) is 0.211. The SMILES string of the molecule is O=C(Cc1ccc2c(c1)OCCO2)OCc1nnc(-c2ccc([N+](=O)[O-])cc2)o1. The number of nitro groups is 1. The molecule has 1 aliphatic rings. The van der Waals surface area contributed by atoms with Crippen molar-refractivity contribution in [1.82, 2.24) is 10.2 Å². The first-order chi connectivity index (χ1) is 14.1. The predicted molar refractivity (Wildman–Crippen MR) is 97.3 cm³/mol. The molecular weight excluding hydrogens is 382 g/mol. The normalized spacial score (nSPS) is 12.4. The van der Waals surface area contributed by atoms with Gasteiger partial charge in [-0.25, -0.2) is 0 Å². The van der Waals surface area contributed by atoms with Gasteiger partial charge in [0.05, 0.1) is 11.3 Å². The third-order valence-corrected chi connectivity index (χ3v) is 4.10. The molecule has 3 aromatic rings. The van der Waals surface area contributed by atoms with Crippen LogP contribution in [0.5, 0.6) is 11.5 Å². The maximum Gasteiger partial charge on any atom is 0.310 e. The van der Waals surface area contributed by atoms with E-state index in [2.05, 4.69) is 10.2 Å². The van der Waals surface area contributed by atoms with Gasteiger partial charge in [0.1, 0.15) is 13.2 Å². The quantitative estimate of drug-likeness (QED) is 0.350. The lowest BCUT2D eigenvalue weighted by Crippen LogP contribution is -2.16. The third-order valence-electron chi connectivity index (χ3n) is 4.10. The van der Waals surface area contributed by atoms with Gasteiger partial charge in [0.15, 0.2) is 18.1 Å². The van der Waals surface area contributed by atoms with Gasteiger partial charge in [0, 0.05) is 17.7 Å². The molecule has 10 heteroatoms. The van der Waals surface area contributed by atoms with Crippen LogP contribution in [0.3, 0.4) is 0 Å². The summed E-state index contributed by atoms with van der Waals surface area (Å²) in [7, 11) is 0. The molecule has 0 spiro atoms. The molecule has 0 bridgehead atoms. The van der Waals surface area contributed by atoms with E-state index in [-0.39, 0.29) is 30.5 Å². The highest BCUT2D eigenvalue weighted by atomic mass is 16.6. The Morgan fingerprint density at radius 2 is 1.83 bits per heavy atom. The van der Waals surface area contributed by atoms with Crippen LogP contribution in [0.15, 0.2) is 46.9 Å². The van der Waals surface area contributed by atoms with Crippen molar-refractivity contribution in [3.8, 4) is 23.0 Å². The molecule has 0 saturated heterocycles. The average molecular weight is 397 g/mol. The Hall–Kier alpha value is -3.95. The van der Waals surface area contributed by atoms with E-state index in [1.165, 1.54) is 24.3 Å². The van der Waals surface area contributed by atoms with Gasteiger partial charge < -0.3 is 18.6 Å². The molecule has 0 unspecified atom stereocenters. The third kappa shape index (κ3) is 4.32. The number of hydrogen-bond acceptors (Lipinski definition) is 9. The molecular formula is C19H15N3O7. The van der Waals surface area contributed by atoms with Crippen LogP contribution in [0, 0.1) is 10.1 Å². The second kappa shape index (κ2) is 7.97. The van der Waals surface area contributed by atoms with E-state index < -0.39 is 10.9 Å². The molecule has 1 aromatic heterocycles. The molecule has 1 aliphatic heterocycles. The zero-order chi connectivity index (χ0) is 20.2. The van der Waals surface area contributed by atoms with E-state index >= 15 is 0 Å². The highest BCUT2D eigenvalue weighted by Gasteiger charge is 2.15. The number of carbonyl (C=O) groups excluding carboxylic acids is 1. The molecule has 0 aliphatic carbocycles. The second-order valence-electron chi connectivity index (χ2n) is 6.12. The van der Waals surface area contributed by atoms with Gasteiger partial charge in [-0.15, -0.1) is 10.2 Å². The first-order valence-electron chi connectivity index (χ1n) is 8.70. The standard InChI is InChI=1S/C19H15N3O7/c23-18(10-12-1-6-15-16(9-12)27-8-7-26-15)28-11-17-20-21-19(29-17)13-2-4-14(5-3-13)22(24)25/h1-6,9H,7-8,10-11H2. The molecule has 0 fully saturated rings. The minimum Gasteiger partial charge on any atom is -0.486 e. The van der Waals surface area contributed by atoms with Crippen LogP contribution in [0.1, 0.15) is 11.5 Å². The summed E-state index contributed by atoms with van der Waals surface area (Å²) in [5.41, 5.74) is 1.22. The molecule has 2 heterocycles. The van der Waals surface area contributed by atoms with Gasteiger partial charge in [-0.1, -0.05) is 6.07 Å². The lowest BCUT2D eigenvalue weighted by molar-refractivity contribution is -0.384. The number of carbonyl (C=O) groups is 1. The molecule has 10 nitrogen and oxygen atoms in total. The van der Waals surface area contributed by atoms with Crippen LogP contribution in [0.25, 0.3) is 11.5 Å². The van der Waals surface area contributed by atoms with Crippen LogP contribution in [-0.2, 0) is 22.6 Å². The predicted octanol–water partition coefficient (Wildman–Crippen LogP) is 2.70. The summed E-state index contributed by atoms with van der Waals surface area (Å²) in [4.78, 5) is 22.3. The summed E-state index contributed by atoms with van der Waals surface area (Å²) in [6, 6.07) is 11.0. The zero-order valence-corrected chi connectivity index (χ0v) is 15.1. The van der Waals surface area contributed by atoms with Crippen molar-refractivity contribution in [3.63, 3.8) is 0 Å². The van der Waals surface area contributed by atoms with Gasteiger partial charge in [-0.3, -0.25) is 14.9 Å². The lowest BCUT2D eigenvalue weighted by atomic mass is 10.1. The number of nitrogens with zero attached hydrogens (tertiary/aromatic N) is 3. The highest BCUT2D eigenvalue weighted by molar-refractivity contribution is 5.73. The number of rotatable bonds is 6. The van der Waals surface area contributed by atoms with Crippen molar-refractivity contribution in [3.05, 3.63) is 64.0 Å². The minimum absolute atomic E-state index is 0.0402. The summed E-state index contributed by atoms with van der Waals surface area (Å²) in [5, 5.41) is 18.4. The molecule has 4 rings (SSSR count). The number of aromatic nitrogens is 2. The van der Waals surface area contributed by atoms with E-state index in [0.29, 0.717) is 30.3 Å². The molecule has 0 N–H and O–H groups in total. The Labute approximate surface area is 164 Å². The minimum atomic E-state index is -0.496. The number of ether oxygens (including phenoxy) is 3. The Morgan fingerprint density at radius 3 is 2.59 bits per heavy atom. The Kier molecular flexibility index (Phi) is 5.06. The summed E-state index contributed by atoms with van der Waals surface area (Å²) in [6.07, 6.45) is 0.0555. The van der Waals surface area contributed by atoms with Crippen molar-refractivity contribution < 1.29 is 28.3 Å². The summed E-state index contributed by atoms with van der Waals surface area (Å²) < 4.78 is 21.6. The topological polar surface area (TPSA) is 127 Å². The van der Waals surface area contributed by atoms with Crippen molar-refractivity contribution >= 4 is 11.7 Å². The van der Waals surface area contributed by atoms with E-state index in [1.807, 2.05) is 0 Å². The van der Waals surface area contributed by atoms with Crippen LogP contribution < -0.4 is 9.47 Å². The van der Waals surface area contributed by atoms with E-state index in [1.54, 1.807) is 18.2 Å². The Morgan fingerprint density at radius 1 is 1.07 bits per heavy atom. The lowest BCUT2D eigenvalue weighted by Gasteiger charge is -2.18. The molecule has 0 atom stereocenters. The average Bonchev–Trinajstić information content (AvgIpc) is 3.21. The molecule has 0 amide bonds. The molecule has 148 valence electrons. The maximum absolute atomic E-state index is 12.1. The number of nitro benzene ring substituents is 1. The fourth-order valence-corrected chi connectivity index (χ4v) is 2.71. The summed E-state index contributed by atoms with van der Waals surface area (Å²) >= 11 is 0. The van der Waals surface area contributed by atoms with Crippen molar-refractivity contribution in [2.24, 2.45) is 0 Å². The Bertz CT molecular complexity index is 1050. The Balaban J connectivity index is 1.33. The van der Waals surface area contributed by atoms with Crippen molar-refractivity contribution in [1.29, 1.82) is 0 Å². The van der Waals surface area contributed by atoms with Crippen molar-refractivity contribution in [2.45, 2.75) is 13.0 Å².